The molecule has 0 radical (unpaired) electrons. The minimum atomic E-state index is -0.318. The van der Waals surface area contributed by atoms with Crippen molar-refractivity contribution >= 4 is 24.1 Å². The molecule has 3 aromatic rings. The van der Waals surface area contributed by atoms with Gasteiger partial charge in [-0.15, -0.1) is 0 Å². The van der Waals surface area contributed by atoms with Gasteiger partial charge in [-0.3, -0.25) is 4.79 Å². The van der Waals surface area contributed by atoms with E-state index in [1.807, 2.05) is 57.5 Å². The molecule has 12 heteroatoms. The molecule has 2 aromatic heterocycles. The van der Waals surface area contributed by atoms with E-state index in [0.29, 0.717) is 29.5 Å². The fourth-order valence-corrected chi connectivity index (χ4v) is 4.72. The van der Waals surface area contributed by atoms with E-state index in [0.717, 1.165) is 55.7 Å². The van der Waals surface area contributed by atoms with Gasteiger partial charge in [0.2, 0.25) is 11.7 Å². The fourth-order valence-electron chi connectivity index (χ4n) is 4.72. The van der Waals surface area contributed by atoms with Crippen molar-refractivity contribution in [2.24, 2.45) is 0 Å². The highest BCUT2D eigenvalue weighted by Crippen LogP contribution is 2.39. The van der Waals surface area contributed by atoms with Crippen molar-refractivity contribution in [1.29, 1.82) is 0 Å². The number of anilines is 3. The van der Waals surface area contributed by atoms with E-state index in [2.05, 4.69) is 31.9 Å². The first kappa shape index (κ1) is 33.4. The Morgan fingerprint density at radius 2 is 1.60 bits per heavy atom. The summed E-state index contributed by atoms with van der Waals surface area (Å²) in [4.78, 5) is 28.6. The van der Waals surface area contributed by atoms with Crippen LogP contribution in [0.2, 0.25) is 0 Å². The molecule has 12 nitrogen and oxygen atoms in total. The topological polar surface area (TPSA) is 116 Å². The number of hydrogen-bond acceptors (Lipinski definition) is 11. The van der Waals surface area contributed by atoms with Crippen LogP contribution >= 0.6 is 0 Å². The van der Waals surface area contributed by atoms with Crippen molar-refractivity contribution < 1.29 is 23.7 Å². The number of carbonyl (C=O) groups is 1. The highest BCUT2D eigenvalue weighted by atomic mass is 16.5. The van der Waals surface area contributed by atoms with Crippen LogP contribution in [-0.4, -0.2) is 84.5 Å². The number of fused-ring (bicyclic) bond motifs is 1. The normalized spacial score (nSPS) is 14.4. The number of likely N-dealkylation sites (N-methyl/N-ethyl adjacent to an activating group) is 1. The summed E-state index contributed by atoms with van der Waals surface area (Å²) in [6.07, 6.45) is 6.96. The summed E-state index contributed by atoms with van der Waals surface area (Å²) in [6, 6.07) is 3.78. The second-order valence-corrected chi connectivity index (χ2v) is 11.0. The smallest absolute Gasteiger partial charge is 0.293 e. The Labute approximate surface area is 255 Å². The van der Waals surface area contributed by atoms with Crippen molar-refractivity contribution in [3.8, 4) is 22.9 Å². The van der Waals surface area contributed by atoms with E-state index in [4.69, 9.17) is 24.2 Å². The predicted octanol–water partition coefficient (Wildman–Crippen LogP) is 5.00. The van der Waals surface area contributed by atoms with Gasteiger partial charge < -0.3 is 38.6 Å². The molecule has 1 saturated heterocycles. The first-order valence-corrected chi connectivity index (χ1v) is 14.7. The van der Waals surface area contributed by atoms with Crippen molar-refractivity contribution in [3.63, 3.8) is 0 Å². The van der Waals surface area contributed by atoms with Crippen LogP contribution in [0.3, 0.4) is 0 Å². The number of aromatic nitrogens is 4. The number of carbonyl (C=O) groups excluding carboxylic acids is 1. The van der Waals surface area contributed by atoms with Gasteiger partial charge in [0.15, 0.2) is 11.5 Å². The molecule has 2 aliphatic rings. The number of ether oxygens (including phenoxy) is 4. The van der Waals surface area contributed by atoms with Crippen molar-refractivity contribution in [2.45, 2.75) is 66.0 Å². The molecule has 0 aliphatic carbocycles. The maximum absolute atomic E-state index is 9.60. The number of benzene rings is 1. The van der Waals surface area contributed by atoms with Crippen LogP contribution in [-0.2, 0) is 22.5 Å². The molecule has 236 valence electrons. The Hall–Kier alpha value is -4.06. The van der Waals surface area contributed by atoms with Crippen molar-refractivity contribution in [2.75, 3.05) is 58.2 Å². The van der Waals surface area contributed by atoms with Crippen LogP contribution < -0.4 is 24.4 Å². The standard InChI is InChI=1S/C24H31N7O3.C5H10O2.C2H6/c1-29-10-7-17-18(13-29)26-24(30-8-5-6-9-30)28-23(17)27-21-14-31(15-25-21)16-11-19(32-2)22(34-4)20(12-16)33-3;1-5(2,3)7-4-6;1-2/h11-12,14-15H,5-10,13H2,1-4H3,(H,26,27,28);4H,1-3H3;1-2H3. The average Bonchev–Trinajstić information content (AvgIpc) is 3.70. The molecular formula is C31H47N7O5. The first-order chi connectivity index (χ1) is 20.6. The SMILES string of the molecule is CC.CC(C)(C)OC=O.COc1cc(-n2cnc(Nc3nc(N4CCCC4)nc4c3CCN(C)C4)c2)cc(OC)c1OC. The monoisotopic (exact) mass is 597 g/mol. The van der Waals surface area contributed by atoms with Gasteiger partial charge in [-0.2, -0.15) is 4.98 Å². The third-order valence-corrected chi connectivity index (χ3v) is 6.81. The molecule has 2 aliphatic heterocycles. The van der Waals surface area contributed by atoms with E-state index in [1.54, 1.807) is 27.7 Å². The van der Waals surface area contributed by atoms with Gasteiger partial charge in [-0.05, 0) is 47.1 Å². The maximum atomic E-state index is 9.60. The predicted molar refractivity (Wildman–Crippen MR) is 168 cm³/mol. The van der Waals surface area contributed by atoms with Gasteiger partial charge in [-0.1, -0.05) is 13.8 Å². The highest BCUT2D eigenvalue weighted by molar-refractivity contribution is 5.62. The number of nitrogens with zero attached hydrogens (tertiary/aromatic N) is 6. The zero-order valence-corrected chi connectivity index (χ0v) is 27.1. The van der Waals surface area contributed by atoms with Crippen molar-refractivity contribution in [3.05, 3.63) is 35.9 Å². The van der Waals surface area contributed by atoms with Crippen LogP contribution in [0.5, 0.6) is 17.2 Å². The lowest BCUT2D eigenvalue weighted by molar-refractivity contribution is -0.138. The van der Waals surface area contributed by atoms with Crippen LogP contribution in [0.15, 0.2) is 24.7 Å². The third-order valence-electron chi connectivity index (χ3n) is 6.81. The van der Waals surface area contributed by atoms with Crippen LogP contribution in [0.25, 0.3) is 5.69 Å². The van der Waals surface area contributed by atoms with E-state index >= 15 is 0 Å². The Morgan fingerprint density at radius 1 is 0.953 bits per heavy atom. The summed E-state index contributed by atoms with van der Waals surface area (Å²) >= 11 is 0. The summed E-state index contributed by atoms with van der Waals surface area (Å²) in [7, 11) is 6.94. The summed E-state index contributed by atoms with van der Waals surface area (Å²) in [5.41, 5.74) is 2.79. The second kappa shape index (κ2) is 15.4. The molecule has 0 saturated carbocycles. The van der Waals surface area contributed by atoms with Crippen LogP contribution in [0.4, 0.5) is 17.6 Å². The van der Waals surface area contributed by atoms with Gasteiger partial charge in [0.25, 0.3) is 6.47 Å². The van der Waals surface area contributed by atoms with Gasteiger partial charge in [0.05, 0.1) is 38.9 Å². The molecule has 0 spiro atoms. The lowest BCUT2D eigenvalue weighted by atomic mass is 10.1. The Balaban J connectivity index is 0.000000496. The largest absolute Gasteiger partial charge is 0.493 e. The summed E-state index contributed by atoms with van der Waals surface area (Å²) < 4.78 is 22.9. The number of nitrogens with one attached hydrogen (secondary N) is 1. The Bertz CT molecular complexity index is 1310. The average molecular weight is 598 g/mol. The number of methoxy groups -OCH3 is 3. The fraction of sp³-hybridized carbons (Fsp3) is 0.548. The summed E-state index contributed by atoms with van der Waals surface area (Å²) in [6.45, 7) is 13.7. The van der Waals surface area contributed by atoms with Gasteiger partial charge in [-0.25, -0.2) is 9.97 Å². The molecule has 0 bridgehead atoms. The molecule has 43 heavy (non-hydrogen) atoms. The minimum absolute atomic E-state index is 0.318. The lowest BCUT2D eigenvalue weighted by Crippen LogP contribution is -2.30. The molecule has 1 fully saturated rings. The molecule has 1 aromatic carbocycles. The van der Waals surface area contributed by atoms with Crippen molar-refractivity contribution in [1.82, 2.24) is 24.4 Å². The quantitative estimate of drug-likeness (QED) is 0.354. The van der Waals surface area contributed by atoms with E-state index in [1.165, 1.54) is 18.4 Å². The van der Waals surface area contributed by atoms with Gasteiger partial charge in [0.1, 0.15) is 23.6 Å². The van der Waals surface area contributed by atoms with Gasteiger partial charge in [0, 0.05) is 43.9 Å². The maximum Gasteiger partial charge on any atom is 0.293 e. The van der Waals surface area contributed by atoms with E-state index < -0.39 is 0 Å². The molecule has 0 atom stereocenters. The molecule has 1 N–H and O–H groups in total. The molecule has 0 unspecified atom stereocenters. The Morgan fingerprint density at radius 3 is 2.14 bits per heavy atom. The lowest BCUT2D eigenvalue weighted by Gasteiger charge is -2.27. The van der Waals surface area contributed by atoms with E-state index in [9.17, 15) is 4.79 Å². The van der Waals surface area contributed by atoms with Gasteiger partial charge >= 0.3 is 0 Å². The second-order valence-electron chi connectivity index (χ2n) is 11.0. The van der Waals surface area contributed by atoms with E-state index in [-0.39, 0.29) is 5.60 Å². The molecule has 5 rings (SSSR count). The highest BCUT2D eigenvalue weighted by Gasteiger charge is 2.24. The first-order valence-electron chi connectivity index (χ1n) is 14.7. The summed E-state index contributed by atoms with van der Waals surface area (Å²) in [5, 5.41) is 3.47. The Kier molecular flexibility index (Phi) is 12.0. The molecular weight excluding hydrogens is 550 g/mol. The van der Waals surface area contributed by atoms with Crippen LogP contribution in [0.1, 0.15) is 58.7 Å². The third kappa shape index (κ3) is 8.73. The van der Waals surface area contributed by atoms with Crippen LogP contribution in [0, 0.1) is 0 Å². The molecule has 0 amide bonds. The zero-order valence-electron chi connectivity index (χ0n) is 27.1. The number of rotatable bonds is 8. The zero-order chi connectivity index (χ0) is 31.6. The minimum Gasteiger partial charge on any atom is -0.493 e. The molecule has 4 heterocycles. The summed E-state index contributed by atoms with van der Waals surface area (Å²) in [5.74, 6) is 4.09. The number of hydrogen-bond donors (Lipinski definition) is 1. The number of imidazole rings is 1.